The molecular formula is C24H41N2O4+. The van der Waals surface area contributed by atoms with Gasteiger partial charge in [-0.1, -0.05) is 6.92 Å². The Kier molecular flexibility index (Phi) is 6.50. The molecule has 7 atom stereocenters. The number of rotatable bonds is 3. The molecule has 2 saturated carbocycles. The Morgan fingerprint density at radius 1 is 1.00 bits per heavy atom. The minimum absolute atomic E-state index is 0.0631. The Morgan fingerprint density at radius 2 is 1.83 bits per heavy atom. The normalized spacial score (nSPS) is 48.1. The van der Waals surface area contributed by atoms with Crippen LogP contribution >= 0.6 is 0 Å². The lowest BCUT2D eigenvalue weighted by atomic mass is 9.67. The maximum atomic E-state index is 13.5. The van der Waals surface area contributed by atoms with Gasteiger partial charge in [-0.05, 0) is 50.9 Å². The van der Waals surface area contributed by atoms with Gasteiger partial charge in [-0.2, -0.15) is 0 Å². The molecule has 6 heteroatoms. The first kappa shape index (κ1) is 21.3. The molecule has 0 aromatic heterocycles. The fraction of sp³-hybridized carbons (Fsp3) is 0.958. The summed E-state index contributed by atoms with van der Waals surface area (Å²) in [4.78, 5) is 16.0. The predicted molar refractivity (Wildman–Crippen MR) is 113 cm³/mol. The van der Waals surface area contributed by atoms with Crippen LogP contribution in [-0.4, -0.2) is 68.7 Å². The van der Waals surface area contributed by atoms with E-state index in [0.29, 0.717) is 36.5 Å². The van der Waals surface area contributed by atoms with Gasteiger partial charge in [0.2, 0.25) is 0 Å². The van der Waals surface area contributed by atoms with Crippen molar-refractivity contribution in [1.82, 2.24) is 4.90 Å². The van der Waals surface area contributed by atoms with E-state index in [9.17, 15) is 4.79 Å². The zero-order valence-electron chi connectivity index (χ0n) is 18.8. The highest BCUT2D eigenvalue weighted by Crippen LogP contribution is 2.44. The Labute approximate surface area is 181 Å². The molecule has 5 rings (SSSR count). The molecule has 0 radical (unpaired) electrons. The quantitative estimate of drug-likeness (QED) is 0.753. The average molecular weight is 422 g/mol. The number of hydrogen-bond donors (Lipinski definition) is 1. The molecule has 2 aliphatic carbocycles. The van der Waals surface area contributed by atoms with Crippen molar-refractivity contribution in [3.63, 3.8) is 0 Å². The van der Waals surface area contributed by atoms with Gasteiger partial charge in [-0.3, -0.25) is 4.79 Å². The van der Waals surface area contributed by atoms with Crippen molar-refractivity contribution in [2.24, 2.45) is 29.6 Å². The molecule has 3 aliphatic heterocycles. The molecule has 30 heavy (non-hydrogen) atoms. The Morgan fingerprint density at radius 3 is 2.57 bits per heavy atom. The van der Waals surface area contributed by atoms with Gasteiger partial charge in [-0.25, -0.2) is 4.90 Å². The topological polar surface area (TPSA) is 64.6 Å². The van der Waals surface area contributed by atoms with Crippen LogP contribution < -0.4 is 5.32 Å². The number of piperidine rings is 1. The van der Waals surface area contributed by atoms with Crippen molar-refractivity contribution in [3.05, 3.63) is 0 Å². The number of Topliss-reactive ketones (excluding diaryl/α,β-unsaturated/α-hetero) is 1. The van der Waals surface area contributed by atoms with E-state index in [1.807, 2.05) is 7.11 Å². The second-order valence-electron chi connectivity index (χ2n) is 10.8. The average Bonchev–Trinajstić information content (AvgIpc) is 2.79. The molecule has 0 aromatic rings. The van der Waals surface area contributed by atoms with E-state index in [0.717, 1.165) is 57.7 Å². The van der Waals surface area contributed by atoms with Crippen molar-refractivity contribution in [1.29, 1.82) is 0 Å². The third-order valence-electron chi connectivity index (χ3n) is 9.01. The van der Waals surface area contributed by atoms with E-state index in [4.69, 9.17) is 14.2 Å². The van der Waals surface area contributed by atoms with Crippen LogP contribution in [0.4, 0.5) is 0 Å². The van der Waals surface area contributed by atoms with Crippen LogP contribution in [0.25, 0.3) is 0 Å². The molecule has 6 nitrogen and oxygen atoms in total. The highest BCUT2D eigenvalue weighted by Gasteiger charge is 2.52. The molecule has 0 spiro atoms. The van der Waals surface area contributed by atoms with Crippen LogP contribution in [-0.2, 0) is 19.0 Å². The highest BCUT2D eigenvalue weighted by atomic mass is 16.5. The molecule has 3 heterocycles. The lowest BCUT2D eigenvalue weighted by Gasteiger charge is -2.51. The van der Waals surface area contributed by atoms with Crippen molar-refractivity contribution in [2.45, 2.75) is 82.8 Å². The number of ketones is 1. The first-order valence-electron chi connectivity index (χ1n) is 12.5. The van der Waals surface area contributed by atoms with Crippen LogP contribution in [0, 0.1) is 29.6 Å². The monoisotopic (exact) mass is 421 g/mol. The smallest absolute Gasteiger partial charge is 0.144 e. The molecule has 5 aliphatic rings. The number of quaternary nitrogens is 1. The largest absolute Gasteiger partial charge is 0.381 e. The number of hydrogen-bond acceptors (Lipinski definition) is 5. The molecule has 0 aromatic carbocycles. The predicted octanol–water partition coefficient (Wildman–Crippen LogP) is 1.78. The molecule has 5 fully saturated rings. The number of methoxy groups -OCH3 is 1. The molecule has 7 unspecified atom stereocenters. The third-order valence-corrected chi connectivity index (χ3v) is 9.01. The van der Waals surface area contributed by atoms with Gasteiger partial charge in [0.25, 0.3) is 0 Å². The Balaban J connectivity index is 1.22. The maximum Gasteiger partial charge on any atom is 0.144 e. The number of carbonyl (C=O) groups excluding carboxylic acids is 1. The number of carbonyl (C=O) groups is 1. The van der Waals surface area contributed by atoms with E-state index in [1.165, 1.54) is 19.4 Å². The van der Waals surface area contributed by atoms with E-state index in [1.54, 1.807) is 0 Å². The van der Waals surface area contributed by atoms with Gasteiger partial charge in [0.1, 0.15) is 18.7 Å². The standard InChI is InChI=1S/C24H40N2O4/c1-15-3-10-22(25-11-15)26-12-19-21(30-14-26)9-8-18-23(27)20(13-29-24(18)19)16-4-6-17(28-2)7-5-16/h15-22,24-25H,3-14H2,1-2H3/p+1. The maximum absolute atomic E-state index is 13.5. The third kappa shape index (κ3) is 4.11. The summed E-state index contributed by atoms with van der Waals surface area (Å²) < 4.78 is 18.4. The van der Waals surface area contributed by atoms with Crippen LogP contribution in [0.5, 0.6) is 0 Å². The van der Waals surface area contributed by atoms with Gasteiger partial charge in [-0.15, -0.1) is 0 Å². The first-order chi connectivity index (χ1) is 14.6. The zero-order chi connectivity index (χ0) is 20.7. The summed E-state index contributed by atoms with van der Waals surface area (Å²) >= 11 is 0. The number of fused-ring (bicyclic) bond motifs is 3. The molecular weight excluding hydrogens is 380 g/mol. The van der Waals surface area contributed by atoms with Crippen LogP contribution in [0.2, 0.25) is 0 Å². The summed E-state index contributed by atoms with van der Waals surface area (Å²) in [7, 11) is 1.81. The first-order valence-corrected chi connectivity index (χ1v) is 12.5. The number of nitrogens with two attached hydrogens (primary N) is 1. The number of ether oxygens (including phenoxy) is 3. The minimum atomic E-state index is 0.0631. The van der Waals surface area contributed by atoms with Crippen molar-refractivity contribution in [2.75, 3.05) is 33.5 Å². The van der Waals surface area contributed by atoms with Crippen LogP contribution in [0.1, 0.15) is 58.3 Å². The van der Waals surface area contributed by atoms with Gasteiger partial charge < -0.3 is 19.5 Å². The fourth-order valence-corrected chi connectivity index (χ4v) is 7.03. The van der Waals surface area contributed by atoms with Crippen molar-refractivity contribution in [3.8, 4) is 0 Å². The number of nitrogens with zero attached hydrogens (tertiary/aromatic N) is 1. The summed E-state index contributed by atoms with van der Waals surface area (Å²) in [5, 5.41) is 2.50. The van der Waals surface area contributed by atoms with Gasteiger partial charge in [0.15, 0.2) is 0 Å². The van der Waals surface area contributed by atoms with Gasteiger partial charge in [0.05, 0.1) is 31.5 Å². The molecule has 3 saturated heterocycles. The zero-order valence-corrected chi connectivity index (χ0v) is 18.8. The summed E-state index contributed by atoms with van der Waals surface area (Å²) in [5.74, 6) is 2.34. The van der Waals surface area contributed by atoms with Crippen molar-refractivity contribution >= 4 is 5.78 Å². The fourth-order valence-electron chi connectivity index (χ4n) is 7.03. The lowest BCUT2D eigenvalue weighted by Crippen LogP contribution is -2.96. The van der Waals surface area contributed by atoms with E-state index in [-0.39, 0.29) is 24.0 Å². The second kappa shape index (κ2) is 9.14. The van der Waals surface area contributed by atoms with Gasteiger partial charge in [0, 0.05) is 43.7 Å². The molecule has 2 N–H and O–H groups in total. The summed E-state index contributed by atoms with van der Waals surface area (Å²) in [6.07, 6.45) is 10.1. The highest BCUT2D eigenvalue weighted by molar-refractivity contribution is 5.85. The Hall–Kier alpha value is -0.530. The van der Waals surface area contributed by atoms with E-state index >= 15 is 0 Å². The van der Waals surface area contributed by atoms with E-state index < -0.39 is 0 Å². The van der Waals surface area contributed by atoms with E-state index in [2.05, 4.69) is 17.1 Å². The summed E-state index contributed by atoms with van der Waals surface area (Å²) in [6, 6.07) is 0. The van der Waals surface area contributed by atoms with Crippen molar-refractivity contribution < 1.29 is 24.3 Å². The van der Waals surface area contributed by atoms with Crippen LogP contribution in [0.15, 0.2) is 0 Å². The molecule has 0 bridgehead atoms. The Bertz CT molecular complexity index is 600. The molecule has 170 valence electrons. The SMILES string of the molecule is COC1CCC(C2COC3C(CCC4OCN(C5CCC(C)C[NH2+]5)CC43)C2=O)CC1. The summed E-state index contributed by atoms with van der Waals surface area (Å²) in [6.45, 7) is 5.95. The lowest BCUT2D eigenvalue weighted by molar-refractivity contribution is -0.724. The van der Waals surface area contributed by atoms with Gasteiger partial charge >= 0.3 is 0 Å². The second-order valence-corrected chi connectivity index (χ2v) is 10.8. The summed E-state index contributed by atoms with van der Waals surface area (Å²) in [5.41, 5.74) is 0. The van der Waals surface area contributed by atoms with Crippen LogP contribution in [0.3, 0.4) is 0 Å². The minimum Gasteiger partial charge on any atom is -0.381 e. The molecule has 0 amide bonds.